The monoisotopic (exact) mass is 323 g/mol. The number of piperazine rings is 1. The van der Waals surface area contributed by atoms with E-state index in [0.29, 0.717) is 6.61 Å². The summed E-state index contributed by atoms with van der Waals surface area (Å²) in [5, 5.41) is 22.3. The van der Waals surface area contributed by atoms with Crippen LogP contribution in [0, 0.1) is 0 Å². The zero-order valence-corrected chi connectivity index (χ0v) is 16.7. The second-order valence-electron chi connectivity index (χ2n) is 6.14. The van der Waals surface area contributed by atoms with E-state index in [4.69, 9.17) is 5.11 Å². The van der Waals surface area contributed by atoms with Gasteiger partial charge in [-0.3, -0.25) is 9.80 Å². The van der Waals surface area contributed by atoms with Crippen LogP contribution in [0.1, 0.15) is 32.1 Å². The number of rotatable bonds is 3. The molecule has 0 aromatic rings. The molecule has 1 saturated carbocycles. The molecule has 0 aromatic carbocycles. The standard InChI is InChI=1S/C11H23N3O.C4H7O.K/c15-10-9-13-5-7-14(8-6-13)11-1-3-12-4-2-11;5-4-2-1-3-4;/h11-12,15H,1-10H2;4H,1-3H2;/q;-1;+1. The fourth-order valence-corrected chi connectivity index (χ4v) is 3.04. The predicted molar refractivity (Wildman–Crippen MR) is 78.6 cm³/mol. The number of nitrogens with one attached hydrogen (secondary N) is 1. The maximum Gasteiger partial charge on any atom is 1.00 e. The molecule has 5 nitrogen and oxygen atoms in total. The van der Waals surface area contributed by atoms with Gasteiger partial charge in [-0.15, -0.1) is 6.10 Å². The number of aliphatic hydroxyl groups excluding tert-OH is 1. The average Bonchev–Trinajstić information content (AvgIpc) is 2.48. The van der Waals surface area contributed by atoms with Gasteiger partial charge in [-0.1, -0.05) is 19.3 Å². The maximum absolute atomic E-state index is 9.98. The normalized spacial score (nSPS) is 25.4. The van der Waals surface area contributed by atoms with Crippen LogP contribution in [0.15, 0.2) is 0 Å². The van der Waals surface area contributed by atoms with Gasteiger partial charge in [0, 0.05) is 38.8 Å². The average molecular weight is 324 g/mol. The van der Waals surface area contributed by atoms with E-state index >= 15 is 0 Å². The third-order valence-electron chi connectivity index (χ3n) is 4.70. The van der Waals surface area contributed by atoms with Gasteiger partial charge >= 0.3 is 51.4 Å². The molecule has 118 valence electrons. The van der Waals surface area contributed by atoms with Crippen LogP contribution in [0.5, 0.6) is 0 Å². The van der Waals surface area contributed by atoms with Gasteiger partial charge in [0.1, 0.15) is 0 Å². The molecular weight excluding hydrogens is 293 g/mol. The second kappa shape index (κ2) is 11.9. The molecule has 3 aliphatic rings. The summed E-state index contributed by atoms with van der Waals surface area (Å²) in [5.74, 6) is 0. The van der Waals surface area contributed by atoms with E-state index in [1.165, 1.54) is 45.4 Å². The zero-order valence-electron chi connectivity index (χ0n) is 13.6. The quantitative estimate of drug-likeness (QED) is 0.523. The molecule has 2 heterocycles. The van der Waals surface area contributed by atoms with Crippen LogP contribution >= 0.6 is 0 Å². The molecule has 0 aromatic heterocycles. The third kappa shape index (κ3) is 7.70. The van der Waals surface area contributed by atoms with Gasteiger partial charge in [-0.2, -0.15) is 0 Å². The fraction of sp³-hybridized carbons (Fsp3) is 1.00. The Morgan fingerprint density at radius 1 is 1.00 bits per heavy atom. The van der Waals surface area contributed by atoms with E-state index in [9.17, 15) is 5.11 Å². The van der Waals surface area contributed by atoms with Crippen molar-refractivity contribution < 1.29 is 61.6 Å². The fourth-order valence-electron chi connectivity index (χ4n) is 3.04. The van der Waals surface area contributed by atoms with Crippen molar-refractivity contribution >= 4 is 0 Å². The number of piperidine rings is 1. The molecule has 1 aliphatic carbocycles. The predicted octanol–water partition coefficient (Wildman–Crippen LogP) is -3.75. The summed E-state index contributed by atoms with van der Waals surface area (Å²) in [7, 11) is 0. The molecule has 3 fully saturated rings. The van der Waals surface area contributed by atoms with Crippen molar-refractivity contribution in [3.05, 3.63) is 0 Å². The van der Waals surface area contributed by atoms with E-state index in [0.717, 1.165) is 38.5 Å². The molecule has 0 atom stereocenters. The van der Waals surface area contributed by atoms with Crippen LogP contribution < -0.4 is 61.8 Å². The zero-order chi connectivity index (χ0) is 14.2. The number of hydrogen-bond donors (Lipinski definition) is 2. The van der Waals surface area contributed by atoms with Crippen LogP contribution in [-0.2, 0) is 0 Å². The molecule has 0 radical (unpaired) electrons. The first-order valence-corrected chi connectivity index (χ1v) is 8.23. The van der Waals surface area contributed by atoms with Gasteiger partial charge in [0.05, 0.1) is 6.61 Å². The Bertz CT molecular complexity index is 253. The van der Waals surface area contributed by atoms with Crippen LogP contribution in [-0.4, -0.2) is 79.5 Å². The van der Waals surface area contributed by atoms with Gasteiger partial charge in [-0.05, 0) is 25.9 Å². The van der Waals surface area contributed by atoms with Gasteiger partial charge in [-0.25, -0.2) is 0 Å². The second-order valence-corrected chi connectivity index (χ2v) is 6.14. The third-order valence-corrected chi connectivity index (χ3v) is 4.70. The minimum Gasteiger partial charge on any atom is -0.852 e. The van der Waals surface area contributed by atoms with Crippen molar-refractivity contribution in [2.45, 2.75) is 44.2 Å². The summed E-state index contributed by atoms with van der Waals surface area (Å²) in [6, 6.07) is 0.808. The smallest absolute Gasteiger partial charge is 0.852 e. The number of hydrogen-bond acceptors (Lipinski definition) is 5. The molecular formula is C15H30KN3O2. The Hall–Kier alpha value is 1.44. The summed E-state index contributed by atoms with van der Waals surface area (Å²) in [6.45, 7) is 8.14. The van der Waals surface area contributed by atoms with Crippen molar-refractivity contribution in [2.75, 3.05) is 52.4 Å². The van der Waals surface area contributed by atoms with E-state index in [2.05, 4.69) is 15.1 Å². The topological polar surface area (TPSA) is 61.8 Å². The van der Waals surface area contributed by atoms with Gasteiger partial charge in [0.25, 0.3) is 0 Å². The summed E-state index contributed by atoms with van der Waals surface area (Å²) in [4.78, 5) is 4.99. The van der Waals surface area contributed by atoms with E-state index in [1.807, 2.05) is 0 Å². The number of aliphatic hydroxyl groups is 1. The Morgan fingerprint density at radius 2 is 1.57 bits per heavy atom. The first-order valence-electron chi connectivity index (χ1n) is 8.23. The van der Waals surface area contributed by atoms with Crippen molar-refractivity contribution in [3.63, 3.8) is 0 Å². The Morgan fingerprint density at radius 3 is 2.00 bits per heavy atom. The molecule has 0 spiro atoms. The molecule has 21 heavy (non-hydrogen) atoms. The SMILES string of the molecule is OCCN1CCN(C2CCNCC2)CC1.[K+].[O-]C1CCC1. The summed E-state index contributed by atoms with van der Waals surface area (Å²) < 4.78 is 0. The van der Waals surface area contributed by atoms with Crippen LogP contribution in [0.3, 0.4) is 0 Å². The van der Waals surface area contributed by atoms with Crippen molar-refractivity contribution in [1.29, 1.82) is 0 Å². The number of β-amino-alcohol motifs (C(OH)–C–C–N with tert-alkyl or cyclic N) is 1. The molecule has 3 rings (SSSR count). The van der Waals surface area contributed by atoms with E-state index in [1.54, 1.807) is 0 Å². The minimum atomic E-state index is -0.185. The van der Waals surface area contributed by atoms with Crippen molar-refractivity contribution in [2.24, 2.45) is 0 Å². The Kier molecular flexibility index (Phi) is 11.6. The number of nitrogens with zero attached hydrogens (tertiary/aromatic N) is 2. The molecule has 0 unspecified atom stereocenters. The van der Waals surface area contributed by atoms with Gasteiger partial charge in [0.15, 0.2) is 0 Å². The van der Waals surface area contributed by atoms with Crippen LogP contribution in [0.2, 0.25) is 0 Å². The van der Waals surface area contributed by atoms with Crippen LogP contribution in [0.25, 0.3) is 0 Å². The summed E-state index contributed by atoms with van der Waals surface area (Å²) >= 11 is 0. The van der Waals surface area contributed by atoms with Gasteiger partial charge < -0.3 is 15.5 Å². The summed E-state index contributed by atoms with van der Waals surface area (Å²) in [5.41, 5.74) is 0. The molecule has 0 amide bonds. The summed E-state index contributed by atoms with van der Waals surface area (Å²) in [6.07, 6.45) is 5.46. The van der Waals surface area contributed by atoms with E-state index < -0.39 is 0 Å². The Balaban J connectivity index is 0.000000313. The first kappa shape index (κ1) is 20.5. The van der Waals surface area contributed by atoms with Gasteiger partial charge in [0.2, 0.25) is 0 Å². The van der Waals surface area contributed by atoms with Crippen molar-refractivity contribution in [3.8, 4) is 0 Å². The maximum atomic E-state index is 9.98. The molecule has 2 N–H and O–H groups in total. The molecule has 2 saturated heterocycles. The molecule has 2 aliphatic heterocycles. The van der Waals surface area contributed by atoms with Crippen LogP contribution in [0.4, 0.5) is 0 Å². The largest absolute Gasteiger partial charge is 1.00 e. The first-order chi connectivity index (χ1) is 9.79. The minimum absolute atomic E-state index is 0. The molecule has 0 bridgehead atoms. The van der Waals surface area contributed by atoms with Crippen molar-refractivity contribution in [1.82, 2.24) is 15.1 Å². The van der Waals surface area contributed by atoms with E-state index in [-0.39, 0.29) is 57.5 Å². The molecule has 6 heteroatoms. The Labute approximate surface area is 171 Å².